The lowest BCUT2D eigenvalue weighted by Crippen LogP contribution is -2.17. The van der Waals surface area contributed by atoms with E-state index in [-0.39, 0.29) is 23.1 Å². The summed E-state index contributed by atoms with van der Waals surface area (Å²) >= 11 is 10.5. The molecule has 136 valence electrons. The average Bonchev–Trinajstić information content (AvgIpc) is 3.45. The van der Waals surface area contributed by atoms with Crippen molar-refractivity contribution < 1.29 is 19.1 Å². The zero-order chi connectivity index (χ0) is 18.4. The number of alkyl halides is 1. The molecule has 0 heterocycles. The fourth-order valence-electron chi connectivity index (χ4n) is 2.30. The van der Waals surface area contributed by atoms with Crippen LogP contribution in [0.2, 0.25) is 0 Å². The van der Waals surface area contributed by atoms with Crippen molar-refractivity contribution in [2.24, 2.45) is 5.92 Å². The highest BCUT2D eigenvalue weighted by Gasteiger charge is 2.36. The van der Waals surface area contributed by atoms with Gasteiger partial charge in [0.2, 0.25) is 5.78 Å². The minimum atomic E-state index is -0.335. The number of allylic oxidation sites excluding steroid dienone is 1. The predicted molar refractivity (Wildman–Crippen MR) is 104 cm³/mol. The fraction of sp³-hybridized carbons (Fsp3) is 0.444. The molecule has 0 bridgehead atoms. The zero-order valence-corrected chi connectivity index (χ0v) is 17.3. The number of benzene rings is 1. The number of halogens is 2. The average molecular weight is 448 g/mol. The molecule has 1 aromatic rings. The maximum Gasteiger partial charge on any atom is 0.200 e. The number of ether oxygens (including phenoxy) is 2. The van der Waals surface area contributed by atoms with Gasteiger partial charge in [0.15, 0.2) is 5.78 Å². The van der Waals surface area contributed by atoms with Crippen LogP contribution in [0.5, 0.6) is 5.75 Å². The van der Waals surface area contributed by atoms with Crippen molar-refractivity contribution in [1.82, 2.24) is 0 Å². The largest absolute Gasteiger partial charge is 0.501 e. The maximum absolute atomic E-state index is 13.1. The SMILES string of the molecule is CCO/C=C(\C(=O)c1ccc(Br)c(OCCCl)c1SC)C(=O)C1CC1. The minimum Gasteiger partial charge on any atom is -0.501 e. The minimum absolute atomic E-state index is 0.0594. The Morgan fingerprint density at radius 1 is 1.40 bits per heavy atom. The highest BCUT2D eigenvalue weighted by molar-refractivity contribution is 9.10. The van der Waals surface area contributed by atoms with Crippen LogP contribution in [-0.4, -0.2) is 36.9 Å². The van der Waals surface area contributed by atoms with Crippen LogP contribution in [0.4, 0.5) is 0 Å². The second-order valence-electron chi connectivity index (χ2n) is 5.45. The van der Waals surface area contributed by atoms with Crippen molar-refractivity contribution in [2.45, 2.75) is 24.7 Å². The molecular weight excluding hydrogens is 428 g/mol. The van der Waals surface area contributed by atoms with Gasteiger partial charge in [-0.3, -0.25) is 9.59 Å². The number of Topliss-reactive ketones (excluding diaryl/α,β-unsaturated/α-hetero) is 2. The molecule has 0 spiro atoms. The second kappa shape index (κ2) is 9.64. The zero-order valence-electron chi connectivity index (χ0n) is 14.1. The van der Waals surface area contributed by atoms with Crippen LogP contribution in [0.15, 0.2) is 33.3 Å². The fourth-order valence-corrected chi connectivity index (χ4v) is 3.68. The number of ketones is 2. The van der Waals surface area contributed by atoms with Gasteiger partial charge in [-0.2, -0.15) is 0 Å². The van der Waals surface area contributed by atoms with Crippen LogP contribution in [0.1, 0.15) is 30.1 Å². The quantitative estimate of drug-likeness (QED) is 0.0974. The van der Waals surface area contributed by atoms with Gasteiger partial charge >= 0.3 is 0 Å². The lowest BCUT2D eigenvalue weighted by atomic mass is 9.98. The summed E-state index contributed by atoms with van der Waals surface area (Å²) in [6.07, 6.45) is 4.82. The number of carbonyl (C=O) groups excluding carboxylic acids is 2. The predicted octanol–water partition coefficient (Wildman–Crippen LogP) is 4.87. The van der Waals surface area contributed by atoms with Gasteiger partial charge in [-0.15, -0.1) is 23.4 Å². The highest BCUT2D eigenvalue weighted by Crippen LogP contribution is 2.40. The van der Waals surface area contributed by atoms with Gasteiger partial charge < -0.3 is 9.47 Å². The normalized spacial score (nSPS) is 14.3. The monoisotopic (exact) mass is 446 g/mol. The van der Waals surface area contributed by atoms with E-state index in [1.807, 2.05) is 13.2 Å². The molecule has 4 nitrogen and oxygen atoms in total. The van der Waals surface area contributed by atoms with Crippen molar-refractivity contribution in [3.8, 4) is 5.75 Å². The molecule has 0 N–H and O–H groups in total. The summed E-state index contributed by atoms with van der Waals surface area (Å²) in [6.45, 7) is 2.54. The third kappa shape index (κ3) is 5.02. The van der Waals surface area contributed by atoms with Gasteiger partial charge in [-0.1, -0.05) is 0 Å². The van der Waals surface area contributed by atoms with Crippen molar-refractivity contribution in [3.05, 3.63) is 34.0 Å². The summed E-state index contributed by atoms with van der Waals surface area (Å²) in [5.74, 6) is 0.368. The first kappa shape index (κ1) is 20.3. The third-order valence-electron chi connectivity index (χ3n) is 3.66. The van der Waals surface area contributed by atoms with Crippen molar-refractivity contribution >= 4 is 50.9 Å². The summed E-state index contributed by atoms with van der Waals surface area (Å²) in [7, 11) is 0. The van der Waals surface area contributed by atoms with Crippen LogP contribution in [-0.2, 0) is 9.53 Å². The first-order valence-corrected chi connectivity index (χ1v) is 10.6. The molecule has 0 atom stereocenters. The molecule has 25 heavy (non-hydrogen) atoms. The molecule has 1 aliphatic rings. The Hall–Kier alpha value is -0.980. The number of thioether (sulfide) groups is 1. The van der Waals surface area contributed by atoms with Crippen molar-refractivity contribution in [1.29, 1.82) is 0 Å². The van der Waals surface area contributed by atoms with Crippen molar-refractivity contribution in [3.63, 3.8) is 0 Å². The smallest absolute Gasteiger partial charge is 0.200 e. The highest BCUT2D eigenvalue weighted by atomic mass is 79.9. The van der Waals surface area contributed by atoms with E-state index >= 15 is 0 Å². The molecule has 0 aromatic heterocycles. The van der Waals surface area contributed by atoms with Crippen LogP contribution < -0.4 is 4.74 Å². The lowest BCUT2D eigenvalue weighted by molar-refractivity contribution is -0.116. The topological polar surface area (TPSA) is 52.6 Å². The van der Waals surface area contributed by atoms with Gasteiger partial charge in [0, 0.05) is 11.5 Å². The van der Waals surface area contributed by atoms with E-state index in [1.54, 1.807) is 12.1 Å². The number of hydrogen-bond acceptors (Lipinski definition) is 5. The molecular formula is C18H20BrClO4S. The standard InChI is InChI=1S/C18H20BrClO4S/c1-3-23-10-13(15(21)11-4-5-11)16(22)12-6-7-14(19)17(18(12)25-2)24-9-8-20/h6-7,10-11H,3-5,8-9H2,1-2H3/b13-10-. The van der Waals surface area contributed by atoms with Crippen LogP contribution in [0, 0.1) is 5.92 Å². The molecule has 0 aliphatic heterocycles. The van der Waals surface area contributed by atoms with E-state index in [0.29, 0.717) is 35.3 Å². The molecule has 0 unspecified atom stereocenters. The number of carbonyl (C=O) groups is 2. The summed E-state index contributed by atoms with van der Waals surface area (Å²) in [5.41, 5.74) is 0.533. The van der Waals surface area contributed by atoms with Crippen LogP contribution in [0.25, 0.3) is 0 Å². The van der Waals surface area contributed by atoms with Gasteiger partial charge in [0.1, 0.15) is 17.9 Å². The summed E-state index contributed by atoms with van der Waals surface area (Å²) in [4.78, 5) is 26.3. The van der Waals surface area contributed by atoms with E-state index < -0.39 is 0 Å². The maximum atomic E-state index is 13.1. The van der Waals surface area contributed by atoms with Gasteiger partial charge in [0.25, 0.3) is 0 Å². The molecule has 1 fully saturated rings. The molecule has 0 saturated heterocycles. The summed E-state index contributed by atoms with van der Waals surface area (Å²) < 4.78 is 11.7. The molecule has 1 aliphatic carbocycles. The first-order valence-electron chi connectivity index (χ1n) is 8.01. The molecule has 0 amide bonds. The molecule has 1 aromatic carbocycles. The van der Waals surface area contributed by atoms with Crippen molar-refractivity contribution in [2.75, 3.05) is 25.3 Å². The van der Waals surface area contributed by atoms with Crippen LogP contribution >= 0.6 is 39.3 Å². The molecule has 2 rings (SSSR count). The Kier molecular flexibility index (Phi) is 7.84. The van der Waals surface area contributed by atoms with Gasteiger partial charge in [0.05, 0.1) is 28.1 Å². The van der Waals surface area contributed by atoms with E-state index in [1.165, 1.54) is 18.0 Å². The number of rotatable bonds is 10. The Bertz CT molecular complexity index is 686. The molecule has 7 heteroatoms. The van der Waals surface area contributed by atoms with Crippen LogP contribution in [0.3, 0.4) is 0 Å². The first-order chi connectivity index (χ1) is 12.0. The lowest BCUT2D eigenvalue weighted by Gasteiger charge is -2.15. The van der Waals surface area contributed by atoms with Gasteiger partial charge in [-0.05, 0) is 54.1 Å². The van der Waals surface area contributed by atoms with E-state index in [9.17, 15) is 9.59 Å². The Morgan fingerprint density at radius 3 is 2.68 bits per heavy atom. The Labute approximate surface area is 165 Å². The summed E-state index contributed by atoms with van der Waals surface area (Å²) in [5, 5.41) is 0. The Morgan fingerprint density at radius 2 is 2.12 bits per heavy atom. The molecule has 1 saturated carbocycles. The molecule has 0 radical (unpaired) electrons. The van der Waals surface area contributed by atoms with Gasteiger partial charge in [-0.25, -0.2) is 0 Å². The summed E-state index contributed by atoms with van der Waals surface area (Å²) in [6, 6.07) is 3.45. The third-order valence-corrected chi connectivity index (χ3v) is 5.25. The second-order valence-corrected chi connectivity index (χ2v) is 7.50. The van der Waals surface area contributed by atoms with E-state index in [0.717, 1.165) is 17.3 Å². The van der Waals surface area contributed by atoms with E-state index in [2.05, 4.69) is 15.9 Å². The number of hydrogen-bond donors (Lipinski definition) is 0. The van der Waals surface area contributed by atoms with E-state index in [4.69, 9.17) is 21.1 Å². The Balaban J connectivity index is 2.43.